The first kappa shape index (κ1) is 15.5. The van der Waals surface area contributed by atoms with Gasteiger partial charge in [-0.1, -0.05) is 6.07 Å². The zero-order chi connectivity index (χ0) is 17.4. The number of rotatable bonds is 1. The number of hydrogen-bond donors (Lipinski definition) is 3. The molecule has 1 aliphatic rings. The molecule has 0 radical (unpaired) electrons. The van der Waals surface area contributed by atoms with Crippen LogP contribution in [0.1, 0.15) is 6.92 Å². The van der Waals surface area contributed by atoms with Crippen molar-refractivity contribution in [3.63, 3.8) is 0 Å². The van der Waals surface area contributed by atoms with E-state index in [1.807, 2.05) is 0 Å². The molecule has 0 unspecified atom stereocenters. The molecular formula is C15H15N5O4. The van der Waals surface area contributed by atoms with Gasteiger partial charge in [-0.2, -0.15) is 0 Å². The first-order valence-electron chi connectivity index (χ1n) is 7.13. The van der Waals surface area contributed by atoms with Gasteiger partial charge < -0.3 is 15.9 Å². The van der Waals surface area contributed by atoms with Gasteiger partial charge in [0.2, 0.25) is 0 Å². The first-order chi connectivity index (χ1) is 11.4. The molecule has 2 amide bonds. The number of amides is 2. The van der Waals surface area contributed by atoms with Crippen LogP contribution < -0.4 is 15.5 Å². The smallest absolute Gasteiger partial charge is 0.412 e. The summed E-state index contributed by atoms with van der Waals surface area (Å²) in [6, 6.07) is 4.34. The van der Waals surface area contributed by atoms with Gasteiger partial charge in [0.25, 0.3) is 0 Å². The van der Waals surface area contributed by atoms with Crippen molar-refractivity contribution in [1.82, 2.24) is 9.97 Å². The summed E-state index contributed by atoms with van der Waals surface area (Å²) >= 11 is 0. The van der Waals surface area contributed by atoms with E-state index in [0.29, 0.717) is 22.6 Å². The molecule has 3 rings (SSSR count). The van der Waals surface area contributed by atoms with Crippen molar-refractivity contribution < 1.29 is 19.8 Å². The SMILES string of the molecule is C[C@H]1CN(C(=O)O)c2cc(-c3cnc(N)cn3)ccc2N1C(=O)O. The van der Waals surface area contributed by atoms with Crippen LogP contribution in [0.4, 0.5) is 26.8 Å². The fourth-order valence-corrected chi connectivity index (χ4v) is 2.74. The van der Waals surface area contributed by atoms with E-state index in [1.54, 1.807) is 25.1 Å². The van der Waals surface area contributed by atoms with Crippen LogP contribution in [0, 0.1) is 0 Å². The molecule has 9 nitrogen and oxygen atoms in total. The highest BCUT2D eigenvalue weighted by Crippen LogP contribution is 2.38. The average Bonchev–Trinajstić information content (AvgIpc) is 2.53. The van der Waals surface area contributed by atoms with Crippen LogP contribution in [0.15, 0.2) is 30.6 Å². The maximum atomic E-state index is 11.5. The average molecular weight is 329 g/mol. The molecule has 4 N–H and O–H groups in total. The number of benzene rings is 1. The standard InChI is InChI=1S/C15H15N5O4/c1-8-7-19(14(21)22)12-4-9(10-5-18-13(16)6-17-10)2-3-11(12)20(8)15(23)24/h2-6,8H,7H2,1H3,(H2,16,18)(H,21,22)(H,23,24)/t8-/m0/s1. The third kappa shape index (κ3) is 2.56. The third-order valence-electron chi connectivity index (χ3n) is 3.82. The Hall–Kier alpha value is -3.36. The summed E-state index contributed by atoms with van der Waals surface area (Å²) in [6.07, 6.45) is 0.598. The molecule has 0 aliphatic carbocycles. The lowest BCUT2D eigenvalue weighted by Crippen LogP contribution is -2.51. The van der Waals surface area contributed by atoms with Crippen LogP contribution in [0.2, 0.25) is 0 Å². The summed E-state index contributed by atoms with van der Waals surface area (Å²) in [7, 11) is 0. The van der Waals surface area contributed by atoms with Crippen molar-refractivity contribution in [1.29, 1.82) is 0 Å². The maximum absolute atomic E-state index is 11.5. The van der Waals surface area contributed by atoms with E-state index < -0.39 is 18.2 Å². The number of nitrogens with two attached hydrogens (primary N) is 1. The number of fused-ring (bicyclic) bond motifs is 1. The Morgan fingerprint density at radius 1 is 1.17 bits per heavy atom. The van der Waals surface area contributed by atoms with Gasteiger partial charge in [0.1, 0.15) is 5.82 Å². The van der Waals surface area contributed by atoms with Crippen LogP contribution in [-0.2, 0) is 0 Å². The molecule has 24 heavy (non-hydrogen) atoms. The van der Waals surface area contributed by atoms with Crippen molar-refractivity contribution in [3.8, 4) is 11.3 Å². The highest BCUT2D eigenvalue weighted by Gasteiger charge is 2.35. The van der Waals surface area contributed by atoms with E-state index in [1.165, 1.54) is 12.4 Å². The fraction of sp³-hybridized carbons (Fsp3) is 0.200. The minimum atomic E-state index is -1.14. The van der Waals surface area contributed by atoms with Crippen LogP contribution in [0.3, 0.4) is 0 Å². The Balaban J connectivity index is 2.13. The van der Waals surface area contributed by atoms with E-state index in [-0.39, 0.29) is 12.4 Å². The lowest BCUT2D eigenvalue weighted by Gasteiger charge is -2.38. The monoisotopic (exact) mass is 329 g/mol. The summed E-state index contributed by atoms with van der Waals surface area (Å²) in [5.74, 6) is 0.273. The minimum Gasteiger partial charge on any atom is -0.465 e. The summed E-state index contributed by atoms with van der Waals surface area (Å²) in [6.45, 7) is 1.71. The van der Waals surface area contributed by atoms with Crippen molar-refractivity contribution >= 4 is 29.4 Å². The molecule has 2 aromatic rings. The Labute approximate surface area is 137 Å². The predicted octanol–water partition coefficient (Wildman–Crippen LogP) is 2.10. The zero-order valence-corrected chi connectivity index (χ0v) is 12.7. The first-order valence-corrected chi connectivity index (χ1v) is 7.13. The van der Waals surface area contributed by atoms with Crippen LogP contribution in [0.25, 0.3) is 11.3 Å². The predicted molar refractivity (Wildman–Crippen MR) is 87.2 cm³/mol. The van der Waals surface area contributed by atoms with Crippen molar-refractivity contribution in [2.75, 3.05) is 22.1 Å². The lowest BCUT2D eigenvalue weighted by molar-refractivity contribution is 0.194. The molecule has 0 bridgehead atoms. The quantitative estimate of drug-likeness (QED) is 0.729. The second-order valence-corrected chi connectivity index (χ2v) is 5.42. The van der Waals surface area contributed by atoms with E-state index in [2.05, 4.69) is 9.97 Å². The van der Waals surface area contributed by atoms with Gasteiger partial charge in [-0.3, -0.25) is 14.8 Å². The highest BCUT2D eigenvalue weighted by molar-refractivity contribution is 6.00. The fourth-order valence-electron chi connectivity index (χ4n) is 2.74. The van der Waals surface area contributed by atoms with Gasteiger partial charge in [0, 0.05) is 5.56 Å². The van der Waals surface area contributed by atoms with Gasteiger partial charge in [-0.25, -0.2) is 14.6 Å². The van der Waals surface area contributed by atoms with Crippen LogP contribution >= 0.6 is 0 Å². The highest BCUT2D eigenvalue weighted by atomic mass is 16.4. The third-order valence-corrected chi connectivity index (χ3v) is 3.82. The zero-order valence-electron chi connectivity index (χ0n) is 12.7. The number of nitrogen functional groups attached to an aromatic ring is 1. The number of aromatic nitrogens is 2. The minimum absolute atomic E-state index is 0.0471. The van der Waals surface area contributed by atoms with Gasteiger partial charge in [-0.15, -0.1) is 0 Å². The molecule has 0 fully saturated rings. The Morgan fingerprint density at radius 3 is 2.50 bits per heavy atom. The Bertz CT molecular complexity index is 808. The molecule has 2 heterocycles. The van der Waals surface area contributed by atoms with E-state index in [0.717, 1.165) is 9.80 Å². The molecule has 1 aromatic carbocycles. The second-order valence-electron chi connectivity index (χ2n) is 5.42. The number of hydrogen-bond acceptors (Lipinski definition) is 5. The molecular weight excluding hydrogens is 314 g/mol. The Morgan fingerprint density at radius 2 is 1.92 bits per heavy atom. The maximum Gasteiger partial charge on any atom is 0.412 e. The van der Waals surface area contributed by atoms with Crippen molar-refractivity contribution in [2.45, 2.75) is 13.0 Å². The summed E-state index contributed by atoms with van der Waals surface area (Å²) < 4.78 is 0. The van der Waals surface area contributed by atoms with Gasteiger partial charge in [-0.05, 0) is 19.1 Å². The van der Waals surface area contributed by atoms with E-state index in [4.69, 9.17) is 5.73 Å². The molecule has 1 aliphatic heterocycles. The molecule has 1 aromatic heterocycles. The number of carbonyl (C=O) groups is 2. The Kier molecular flexibility index (Phi) is 3.68. The van der Waals surface area contributed by atoms with Crippen molar-refractivity contribution in [2.24, 2.45) is 0 Å². The van der Waals surface area contributed by atoms with E-state index in [9.17, 15) is 19.8 Å². The topological polar surface area (TPSA) is 133 Å². The van der Waals surface area contributed by atoms with Crippen molar-refractivity contribution in [3.05, 3.63) is 30.6 Å². The summed E-state index contributed by atoms with van der Waals surface area (Å²) in [4.78, 5) is 33.5. The molecule has 124 valence electrons. The molecule has 1 atom stereocenters. The summed E-state index contributed by atoms with van der Waals surface area (Å²) in [5.41, 5.74) is 7.25. The largest absolute Gasteiger partial charge is 0.465 e. The van der Waals surface area contributed by atoms with Gasteiger partial charge >= 0.3 is 12.2 Å². The number of nitrogens with zero attached hydrogens (tertiary/aromatic N) is 4. The normalized spacial score (nSPS) is 16.6. The number of anilines is 3. The van der Waals surface area contributed by atoms with E-state index >= 15 is 0 Å². The lowest BCUT2D eigenvalue weighted by atomic mass is 10.0. The van der Waals surface area contributed by atoms with Crippen LogP contribution in [-0.4, -0.2) is 45.0 Å². The number of carboxylic acid groups (broad SMARTS) is 2. The van der Waals surface area contributed by atoms with Gasteiger partial charge in [0.05, 0.1) is 42.0 Å². The molecule has 0 saturated heterocycles. The molecule has 0 spiro atoms. The van der Waals surface area contributed by atoms with Crippen LogP contribution in [0.5, 0.6) is 0 Å². The van der Waals surface area contributed by atoms with Gasteiger partial charge in [0.15, 0.2) is 0 Å². The second kappa shape index (κ2) is 5.69. The molecule has 9 heteroatoms. The molecule has 0 saturated carbocycles. The summed E-state index contributed by atoms with van der Waals surface area (Å²) in [5, 5.41) is 18.9.